The van der Waals surface area contributed by atoms with Gasteiger partial charge in [-0.05, 0) is 6.42 Å². The summed E-state index contributed by atoms with van der Waals surface area (Å²) in [6.07, 6.45) is 3.85. The molecule has 18 heavy (non-hydrogen) atoms. The molecule has 2 heterocycles. The molecular formula is C11H15N3O4. The van der Waals surface area contributed by atoms with Crippen molar-refractivity contribution >= 4 is 11.9 Å². The van der Waals surface area contributed by atoms with Crippen molar-refractivity contribution < 1.29 is 19.4 Å². The minimum absolute atomic E-state index is 0.189. The smallest absolute Gasteiger partial charge is 0.326 e. The molecule has 1 aromatic heterocycles. The van der Waals surface area contributed by atoms with Gasteiger partial charge in [0.2, 0.25) is 5.91 Å². The van der Waals surface area contributed by atoms with Crippen molar-refractivity contribution in [1.82, 2.24) is 15.3 Å². The first-order valence-electron chi connectivity index (χ1n) is 5.75. The zero-order chi connectivity index (χ0) is 13.0. The third-order valence-electron chi connectivity index (χ3n) is 2.89. The van der Waals surface area contributed by atoms with Crippen molar-refractivity contribution in [2.75, 3.05) is 13.2 Å². The molecule has 3 N–H and O–H groups in total. The summed E-state index contributed by atoms with van der Waals surface area (Å²) in [6, 6.07) is -0.946. The summed E-state index contributed by atoms with van der Waals surface area (Å²) < 4.78 is 5.10. The van der Waals surface area contributed by atoms with Gasteiger partial charge < -0.3 is 20.1 Å². The molecule has 2 rings (SSSR count). The summed E-state index contributed by atoms with van der Waals surface area (Å²) >= 11 is 0. The number of nitrogens with one attached hydrogen (secondary N) is 2. The Bertz CT molecular complexity index is 412. The monoisotopic (exact) mass is 253 g/mol. The van der Waals surface area contributed by atoms with Gasteiger partial charge in [0.1, 0.15) is 6.04 Å². The molecule has 0 saturated carbocycles. The number of aromatic amines is 1. The van der Waals surface area contributed by atoms with Crippen LogP contribution in [0.4, 0.5) is 0 Å². The second-order valence-corrected chi connectivity index (χ2v) is 4.24. The molecule has 1 fully saturated rings. The lowest BCUT2D eigenvalue weighted by Gasteiger charge is -2.16. The first-order chi connectivity index (χ1) is 8.66. The average Bonchev–Trinajstić information content (AvgIpc) is 3.00. The van der Waals surface area contributed by atoms with Gasteiger partial charge in [0.15, 0.2) is 0 Å². The van der Waals surface area contributed by atoms with Crippen LogP contribution in [0.3, 0.4) is 0 Å². The Hall–Kier alpha value is -1.89. The maximum absolute atomic E-state index is 11.8. The van der Waals surface area contributed by atoms with Gasteiger partial charge in [-0.2, -0.15) is 0 Å². The van der Waals surface area contributed by atoms with Gasteiger partial charge >= 0.3 is 5.97 Å². The maximum Gasteiger partial charge on any atom is 0.326 e. The molecule has 1 unspecified atom stereocenters. The van der Waals surface area contributed by atoms with E-state index in [0.29, 0.717) is 25.3 Å². The molecule has 0 aliphatic carbocycles. The van der Waals surface area contributed by atoms with Gasteiger partial charge in [0.05, 0.1) is 18.9 Å². The van der Waals surface area contributed by atoms with Crippen LogP contribution < -0.4 is 5.32 Å². The summed E-state index contributed by atoms with van der Waals surface area (Å²) in [5.74, 6) is -1.56. The number of carboxylic acids is 1. The summed E-state index contributed by atoms with van der Waals surface area (Å²) in [5, 5.41) is 11.6. The van der Waals surface area contributed by atoms with Crippen molar-refractivity contribution in [2.45, 2.75) is 18.9 Å². The normalized spacial score (nSPS) is 20.6. The van der Waals surface area contributed by atoms with E-state index in [1.807, 2.05) is 0 Å². The lowest BCUT2D eigenvalue weighted by molar-refractivity contribution is -0.142. The Morgan fingerprint density at radius 1 is 1.67 bits per heavy atom. The maximum atomic E-state index is 11.8. The Kier molecular flexibility index (Phi) is 3.93. The number of aromatic nitrogens is 2. The van der Waals surface area contributed by atoms with Crippen LogP contribution >= 0.6 is 0 Å². The molecule has 98 valence electrons. The number of ether oxygens (including phenoxy) is 1. The van der Waals surface area contributed by atoms with Gasteiger partial charge in [-0.1, -0.05) is 0 Å². The van der Waals surface area contributed by atoms with Crippen molar-refractivity contribution in [3.05, 3.63) is 18.2 Å². The fourth-order valence-corrected chi connectivity index (χ4v) is 1.85. The molecule has 0 aromatic carbocycles. The van der Waals surface area contributed by atoms with E-state index in [-0.39, 0.29) is 18.2 Å². The largest absolute Gasteiger partial charge is 0.480 e. The molecule has 1 aliphatic rings. The fourth-order valence-electron chi connectivity index (χ4n) is 1.85. The zero-order valence-electron chi connectivity index (χ0n) is 9.76. The quantitative estimate of drug-likeness (QED) is 0.659. The molecule has 7 heteroatoms. The highest BCUT2D eigenvalue weighted by molar-refractivity contribution is 5.85. The van der Waals surface area contributed by atoms with E-state index in [1.54, 1.807) is 6.20 Å². The number of carbonyl (C=O) groups is 2. The molecule has 1 aromatic rings. The van der Waals surface area contributed by atoms with E-state index in [1.165, 1.54) is 6.33 Å². The van der Waals surface area contributed by atoms with Crippen molar-refractivity contribution in [3.8, 4) is 0 Å². The van der Waals surface area contributed by atoms with E-state index in [0.717, 1.165) is 0 Å². The lowest BCUT2D eigenvalue weighted by atomic mass is 10.1. The fraction of sp³-hybridized carbons (Fsp3) is 0.545. The number of amides is 1. The van der Waals surface area contributed by atoms with Crippen molar-refractivity contribution in [1.29, 1.82) is 0 Å². The lowest BCUT2D eigenvalue weighted by Crippen LogP contribution is -2.45. The number of imidazole rings is 1. The number of carboxylic acid groups (broad SMARTS) is 1. The second-order valence-electron chi connectivity index (χ2n) is 4.24. The molecule has 1 aliphatic heterocycles. The van der Waals surface area contributed by atoms with E-state index in [2.05, 4.69) is 15.3 Å². The molecular weight excluding hydrogens is 238 g/mol. The molecule has 2 atom stereocenters. The highest BCUT2D eigenvalue weighted by Gasteiger charge is 2.28. The van der Waals surface area contributed by atoms with E-state index in [4.69, 9.17) is 9.84 Å². The molecule has 0 radical (unpaired) electrons. The SMILES string of the molecule is O=C(N[C@@H](Cc1cnc[nH]1)C(=O)O)C1CCOC1. The Morgan fingerprint density at radius 3 is 3.06 bits per heavy atom. The predicted molar refractivity (Wildman–Crippen MR) is 60.8 cm³/mol. The zero-order valence-corrected chi connectivity index (χ0v) is 9.76. The molecule has 0 bridgehead atoms. The van der Waals surface area contributed by atoms with Gasteiger partial charge in [-0.15, -0.1) is 0 Å². The number of hydrogen-bond acceptors (Lipinski definition) is 4. The molecule has 1 amide bonds. The minimum Gasteiger partial charge on any atom is -0.480 e. The van der Waals surface area contributed by atoms with Crippen LogP contribution in [0.2, 0.25) is 0 Å². The average molecular weight is 253 g/mol. The molecule has 7 nitrogen and oxygen atoms in total. The van der Waals surface area contributed by atoms with Crippen LogP contribution in [-0.4, -0.2) is 46.2 Å². The number of rotatable bonds is 5. The summed E-state index contributed by atoms with van der Waals surface area (Å²) in [6.45, 7) is 0.915. The van der Waals surface area contributed by atoms with E-state index in [9.17, 15) is 9.59 Å². The summed E-state index contributed by atoms with van der Waals surface area (Å²) in [5.41, 5.74) is 0.672. The van der Waals surface area contributed by atoms with E-state index >= 15 is 0 Å². The van der Waals surface area contributed by atoms with Gasteiger partial charge in [0.25, 0.3) is 0 Å². The van der Waals surface area contributed by atoms with Gasteiger partial charge in [-0.3, -0.25) is 4.79 Å². The predicted octanol–water partition coefficient (Wildman–Crippen LogP) is -0.442. The van der Waals surface area contributed by atoms with Crippen LogP contribution in [0.15, 0.2) is 12.5 Å². The van der Waals surface area contributed by atoms with Crippen molar-refractivity contribution in [3.63, 3.8) is 0 Å². The van der Waals surface area contributed by atoms with Crippen LogP contribution in [0.25, 0.3) is 0 Å². The van der Waals surface area contributed by atoms with Crippen LogP contribution in [-0.2, 0) is 20.7 Å². The first-order valence-corrected chi connectivity index (χ1v) is 5.75. The third-order valence-corrected chi connectivity index (χ3v) is 2.89. The summed E-state index contributed by atoms with van der Waals surface area (Å²) in [7, 11) is 0. The standard InChI is InChI=1S/C11H15N3O4/c15-10(7-1-2-18-5-7)14-9(11(16)17)3-8-4-12-6-13-8/h4,6-7,9H,1-3,5H2,(H,12,13)(H,14,15)(H,16,17)/t7?,9-/m0/s1. The highest BCUT2D eigenvalue weighted by atomic mass is 16.5. The Balaban J connectivity index is 1.93. The number of hydrogen-bond donors (Lipinski definition) is 3. The first kappa shape index (κ1) is 12.6. The third kappa shape index (κ3) is 3.07. The topological polar surface area (TPSA) is 104 Å². The van der Waals surface area contributed by atoms with Gasteiger partial charge in [-0.25, -0.2) is 9.78 Å². The second kappa shape index (κ2) is 5.63. The number of carbonyl (C=O) groups excluding carboxylic acids is 1. The molecule has 1 saturated heterocycles. The molecule has 0 spiro atoms. The van der Waals surface area contributed by atoms with Crippen LogP contribution in [0.1, 0.15) is 12.1 Å². The highest BCUT2D eigenvalue weighted by Crippen LogP contribution is 2.12. The number of aliphatic carboxylic acids is 1. The minimum atomic E-state index is -1.06. The Morgan fingerprint density at radius 2 is 2.50 bits per heavy atom. The van der Waals surface area contributed by atoms with Gasteiger partial charge in [0, 0.05) is 24.9 Å². The number of H-pyrrole nitrogens is 1. The van der Waals surface area contributed by atoms with Crippen LogP contribution in [0.5, 0.6) is 0 Å². The number of nitrogens with zero attached hydrogens (tertiary/aromatic N) is 1. The summed E-state index contributed by atoms with van der Waals surface area (Å²) in [4.78, 5) is 29.5. The van der Waals surface area contributed by atoms with Crippen LogP contribution in [0, 0.1) is 5.92 Å². The van der Waals surface area contributed by atoms with E-state index < -0.39 is 12.0 Å². The van der Waals surface area contributed by atoms with Crippen molar-refractivity contribution in [2.24, 2.45) is 5.92 Å². The Labute approximate surface area is 104 Å².